The van der Waals surface area contributed by atoms with Crippen LogP contribution in [-0.4, -0.2) is 23.8 Å². The zero-order valence-corrected chi connectivity index (χ0v) is 22.5. The van der Waals surface area contributed by atoms with Gasteiger partial charge < -0.3 is 9.76 Å². The van der Waals surface area contributed by atoms with Gasteiger partial charge in [-0.25, -0.2) is 0 Å². The standard InChI is InChI=1S/C31H28BClO2S/c1-29(2,34)30(3,4)35-32-26-18-19(33)17-25-28(26)36-27-16-10-9-15-24(27)31(25)22-13-7-5-11-20(22)21-12-6-8-14-23(21)31/h5-18,32,34H,1-4H3. The number of hydrogen-bond donors (Lipinski definition) is 1. The highest BCUT2D eigenvalue weighted by Gasteiger charge is 2.50. The molecule has 6 rings (SSSR count). The Morgan fingerprint density at radius 1 is 0.778 bits per heavy atom. The van der Waals surface area contributed by atoms with Crippen LogP contribution < -0.4 is 5.46 Å². The summed E-state index contributed by atoms with van der Waals surface area (Å²) in [6, 6.07) is 30.4. The lowest BCUT2D eigenvalue weighted by Crippen LogP contribution is -2.49. The van der Waals surface area contributed by atoms with E-state index in [0.717, 1.165) is 5.46 Å². The highest BCUT2D eigenvalue weighted by molar-refractivity contribution is 7.99. The second kappa shape index (κ2) is 8.26. The van der Waals surface area contributed by atoms with Crippen LogP contribution in [0.15, 0.2) is 94.7 Å². The molecule has 1 N–H and O–H groups in total. The molecule has 0 atom stereocenters. The third-order valence-corrected chi connectivity index (χ3v) is 9.53. The summed E-state index contributed by atoms with van der Waals surface area (Å²) >= 11 is 8.64. The van der Waals surface area contributed by atoms with Crippen molar-refractivity contribution in [3.63, 3.8) is 0 Å². The zero-order valence-electron chi connectivity index (χ0n) is 20.9. The fraction of sp³-hybridized carbons (Fsp3) is 0.226. The Labute approximate surface area is 223 Å². The molecule has 0 unspecified atom stereocenters. The van der Waals surface area contributed by atoms with Gasteiger partial charge in [0.15, 0.2) is 0 Å². The Morgan fingerprint density at radius 2 is 1.33 bits per heavy atom. The van der Waals surface area contributed by atoms with Crippen LogP contribution in [-0.2, 0) is 10.1 Å². The lowest BCUT2D eigenvalue weighted by atomic mass is 9.66. The van der Waals surface area contributed by atoms with Gasteiger partial charge in [0.1, 0.15) is 0 Å². The smallest absolute Gasteiger partial charge is 0.310 e. The lowest BCUT2D eigenvalue weighted by molar-refractivity contribution is -0.0893. The number of aliphatic hydroxyl groups is 1. The number of halogens is 1. The summed E-state index contributed by atoms with van der Waals surface area (Å²) in [7, 11) is 0.356. The van der Waals surface area contributed by atoms with Crippen LogP contribution in [0.25, 0.3) is 11.1 Å². The first-order valence-electron chi connectivity index (χ1n) is 12.3. The lowest BCUT2D eigenvalue weighted by Gasteiger charge is -2.41. The van der Waals surface area contributed by atoms with Crippen LogP contribution in [0.4, 0.5) is 0 Å². The van der Waals surface area contributed by atoms with Crippen molar-refractivity contribution in [2.45, 2.75) is 54.1 Å². The molecule has 0 aromatic heterocycles. The molecule has 1 aliphatic carbocycles. The van der Waals surface area contributed by atoms with E-state index in [1.165, 1.54) is 43.2 Å². The van der Waals surface area contributed by atoms with E-state index in [-0.39, 0.29) is 0 Å². The molecule has 0 radical (unpaired) electrons. The van der Waals surface area contributed by atoms with Crippen molar-refractivity contribution < 1.29 is 9.76 Å². The Morgan fingerprint density at radius 3 is 1.94 bits per heavy atom. The first-order valence-corrected chi connectivity index (χ1v) is 13.5. The van der Waals surface area contributed by atoms with Gasteiger partial charge in [0.05, 0.1) is 16.6 Å². The van der Waals surface area contributed by atoms with E-state index in [1.807, 2.05) is 19.9 Å². The average Bonchev–Trinajstić information content (AvgIpc) is 3.14. The monoisotopic (exact) mass is 510 g/mol. The van der Waals surface area contributed by atoms with Gasteiger partial charge in [-0.2, -0.15) is 0 Å². The van der Waals surface area contributed by atoms with Gasteiger partial charge in [0.2, 0.25) is 0 Å². The van der Waals surface area contributed by atoms with Crippen LogP contribution in [0.5, 0.6) is 0 Å². The number of benzene rings is 4. The third-order valence-electron chi connectivity index (χ3n) is 8.05. The fourth-order valence-electron chi connectivity index (χ4n) is 5.53. The quantitative estimate of drug-likeness (QED) is 0.267. The minimum absolute atomic E-state index is 0.356. The maximum atomic E-state index is 10.7. The van der Waals surface area contributed by atoms with Gasteiger partial charge in [-0.15, -0.1) is 0 Å². The Hall–Kier alpha value is -2.50. The maximum absolute atomic E-state index is 10.7. The summed E-state index contributed by atoms with van der Waals surface area (Å²) in [4.78, 5) is 2.41. The second-order valence-corrected chi connectivity index (χ2v) is 12.2. The van der Waals surface area contributed by atoms with Crippen molar-refractivity contribution in [2.24, 2.45) is 0 Å². The molecule has 36 heavy (non-hydrogen) atoms. The molecule has 4 aromatic rings. The molecule has 1 aliphatic heterocycles. The molecule has 0 fully saturated rings. The molecule has 0 saturated carbocycles. The van der Waals surface area contributed by atoms with Crippen molar-refractivity contribution in [3.05, 3.63) is 112 Å². The first kappa shape index (κ1) is 23.9. The predicted molar refractivity (Wildman–Crippen MR) is 151 cm³/mol. The topological polar surface area (TPSA) is 29.5 Å². The molecule has 0 saturated heterocycles. The minimum Gasteiger partial charge on any atom is -0.427 e. The normalized spacial score (nSPS) is 15.2. The van der Waals surface area contributed by atoms with Gasteiger partial charge in [0.25, 0.3) is 0 Å². The van der Waals surface area contributed by atoms with Crippen LogP contribution >= 0.6 is 23.4 Å². The van der Waals surface area contributed by atoms with Gasteiger partial charge in [0, 0.05) is 14.8 Å². The molecular weight excluding hydrogens is 483 g/mol. The molecule has 4 aromatic carbocycles. The van der Waals surface area contributed by atoms with Crippen molar-refractivity contribution in [1.29, 1.82) is 0 Å². The minimum atomic E-state index is -0.990. The summed E-state index contributed by atoms with van der Waals surface area (Å²) in [6.45, 7) is 7.43. The summed E-state index contributed by atoms with van der Waals surface area (Å²) in [5, 5.41) is 11.4. The van der Waals surface area contributed by atoms with E-state index in [2.05, 4.69) is 78.9 Å². The highest BCUT2D eigenvalue weighted by Crippen LogP contribution is 2.61. The molecule has 5 heteroatoms. The summed E-state index contributed by atoms with van der Waals surface area (Å²) in [6.07, 6.45) is 0. The van der Waals surface area contributed by atoms with Crippen molar-refractivity contribution in [1.82, 2.24) is 0 Å². The van der Waals surface area contributed by atoms with Crippen LogP contribution in [0, 0.1) is 0 Å². The Kier molecular flexibility index (Phi) is 5.48. The SMILES string of the molecule is CC(C)(O)C(C)(C)OBc1cc(Cl)cc2c1Sc1ccccc1C21c2ccccc2-c2ccccc21. The average molecular weight is 511 g/mol. The molecule has 0 amide bonds. The number of fused-ring (bicyclic) bond motifs is 9. The fourth-order valence-corrected chi connectivity index (χ4v) is 7.04. The van der Waals surface area contributed by atoms with E-state index in [0.29, 0.717) is 12.5 Å². The van der Waals surface area contributed by atoms with Crippen molar-refractivity contribution >= 4 is 36.3 Å². The summed E-state index contributed by atoms with van der Waals surface area (Å²) < 4.78 is 6.36. The molecule has 1 spiro atoms. The molecule has 180 valence electrons. The second-order valence-electron chi connectivity index (χ2n) is 10.7. The summed E-state index contributed by atoms with van der Waals surface area (Å²) in [5.41, 5.74) is 6.42. The predicted octanol–water partition coefficient (Wildman–Crippen LogP) is 6.71. The highest BCUT2D eigenvalue weighted by atomic mass is 35.5. The largest absolute Gasteiger partial charge is 0.427 e. The molecular formula is C31H28BClO2S. The van der Waals surface area contributed by atoms with E-state index < -0.39 is 16.6 Å². The van der Waals surface area contributed by atoms with Gasteiger partial charge >= 0.3 is 7.48 Å². The third kappa shape index (κ3) is 3.35. The van der Waals surface area contributed by atoms with Crippen molar-refractivity contribution in [3.8, 4) is 11.1 Å². The van der Waals surface area contributed by atoms with Gasteiger partial charge in [-0.1, -0.05) is 90.1 Å². The number of hydrogen-bond acceptors (Lipinski definition) is 3. The zero-order chi connectivity index (χ0) is 25.3. The maximum Gasteiger partial charge on any atom is 0.310 e. The first-order chi connectivity index (χ1) is 17.1. The molecule has 0 bridgehead atoms. The van der Waals surface area contributed by atoms with E-state index in [4.69, 9.17) is 16.3 Å². The summed E-state index contributed by atoms with van der Waals surface area (Å²) in [5.74, 6) is 0. The van der Waals surface area contributed by atoms with E-state index in [1.54, 1.807) is 25.6 Å². The van der Waals surface area contributed by atoms with Gasteiger partial charge in [-0.05, 0) is 84.7 Å². The Balaban J connectivity index is 1.64. The van der Waals surface area contributed by atoms with Crippen LogP contribution in [0.2, 0.25) is 5.02 Å². The van der Waals surface area contributed by atoms with E-state index in [9.17, 15) is 5.11 Å². The Bertz CT molecular complexity index is 1460. The van der Waals surface area contributed by atoms with Crippen molar-refractivity contribution in [2.75, 3.05) is 0 Å². The van der Waals surface area contributed by atoms with E-state index >= 15 is 0 Å². The van der Waals surface area contributed by atoms with Gasteiger partial charge in [-0.3, -0.25) is 0 Å². The molecule has 2 aliphatic rings. The van der Waals surface area contributed by atoms with Crippen LogP contribution in [0.1, 0.15) is 49.9 Å². The number of rotatable bonds is 4. The molecule has 2 nitrogen and oxygen atoms in total. The van der Waals surface area contributed by atoms with Crippen LogP contribution in [0.3, 0.4) is 0 Å². The molecule has 1 heterocycles.